The topological polar surface area (TPSA) is 70.7 Å². The maximum Gasteiger partial charge on any atom is 0.311 e. The van der Waals surface area contributed by atoms with Crippen LogP contribution in [0.3, 0.4) is 0 Å². The minimum Gasteiger partial charge on any atom is -0.481 e. The summed E-state index contributed by atoms with van der Waals surface area (Å²) in [5.41, 5.74) is 0.149. The van der Waals surface area contributed by atoms with E-state index in [0.29, 0.717) is 13.0 Å². The van der Waals surface area contributed by atoms with Gasteiger partial charge in [0.25, 0.3) is 0 Å². The third-order valence-corrected chi connectivity index (χ3v) is 4.33. The van der Waals surface area contributed by atoms with Crippen LogP contribution in [-0.2, 0) is 4.79 Å². The van der Waals surface area contributed by atoms with E-state index in [4.69, 9.17) is 0 Å². The highest BCUT2D eigenvalue weighted by molar-refractivity contribution is 5.76. The monoisotopic (exact) mass is 288 g/mol. The number of nitrogens with zero attached hydrogens (tertiary/aromatic N) is 4. The lowest BCUT2D eigenvalue weighted by Crippen LogP contribution is -2.48. The summed E-state index contributed by atoms with van der Waals surface area (Å²) in [6, 6.07) is 3.76. The van der Waals surface area contributed by atoms with Gasteiger partial charge in [-0.3, -0.25) is 4.79 Å². The molecule has 6 nitrogen and oxygen atoms in total. The Labute approximate surface area is 123 Å². The van der Waals surface area contributed by atoms with Crippen LogP contribution in [0.15, 0.2) is 24.5 Å². The molecule has 3 rings (SSSR count). The molecule has 1 atom stereocenters. The van der Waals surface area contributed by atoms with E-state index in [1.54, 1.807) is 10.7 Å². The zero-order valence-electron chi connectivity index (χ0n) is 12.2. The summed E-state index contributed by atoms with van der Waals surface area (Å²) in [5, 5.41) is 13.8. The lowest BCUT2D eigenvalue weighted by Gasteiger charge is -2.40. The van der Waals surface area contributed by atoms with Gasteiger partial charge in [-0.15, -0.1) is 0 Å². The molecule has 0 bridgehead atoms. The first kappa shape index (κ1) is 13.9. The molecule has 1 aliphatic rings. The predicted molar refractivity (Wildman–Crippen MR) is 79.4 cm³/mol. The van der Waals surface area contributed by atoms with Gasteiger partial charge in [-0.25, -0.2) is 9.50 Å². The molecule has 0 radical (unpaired) electrons. The molecule has 3 heterocycles. The Balaban J connectivity index is 1.89. The fourth-order valence-electron chi connectivity index (χ4n) is 3.27. The molecule has 0 aromatic carbocycles. The van der Waals surface area contributed by atoms with E-state index in [-0.39, 0.29) is 0 Å². The summed E-state index contributed by atoms with van der Waals surface area (Å²) in [7, 11) is 0. The zero-order valence-corrected chi connectivity index (χ0v) is 12.2. The van der Waals surface area contributed by atoms with Crippen molar-refractivity contribution in [3.63, 3.8) is 0 Å². The van der Waals surface area contributed by atoms with Crippen LogP contribution >= 0.6 is 0 Å². The lowest BCUT2D eigenvalue weighted by atomic mass is 9.76. The van der Waals surface area contributed by atoms with Crippen molar-refractivity contribution in [2.75, 3.05) is 18.0 Å². The van der Waals surface area contributed by atoms with Gasteiger partial charge in [0, 0.05) is 25.4 Å². The number of carbonyl (C=O) groups is 1. The summed E-state index contributed by atoms with van der Waals surface area (Å²) in [4.78, 5) is 18.4. The SMILES string of the molecule is CCCC1(C(=O)O)CCCN(c2ccn3nccc3n2)C1. The highest BCUT2D eigenvalue weighted by Gasteiger charge is 2.41. The molecule has 2 aromatic heterocycles. The highest BCUT2D eigenvalue weighted by Crippen LogP contribution is 2.36. The summed E-state index contributed by atoms with van der Waals surface area (Å²) < 4.78 is 1.71. The first-order chi connectivity index (χ1) is 10.1. The van der Waals surface area contributed by atoms with E-state index in [1.807, 2.05) is 25.3 Å². The third kappa shape index (κ3) is 2.46. The number of aliphatic carboxylic acids is 1. The van der Waals surface area contributed by atoms with Crippen molar-refractivity contribution in [3.05, 3.63) is 24.5 Å². The molecule has 2 aromatic rings. The molecule has 21 heavy (non-hydrogen) atoms. The van der Waals surface area contributed by atoms with Gasteiger partial charge in [-0.1, -0.05) is 13.3 Å². The second-order valence-corrected chi connectivity index (χ2v) is 5.78. The Kier molecular flexibility index (Phi) is 3.53. The summed E-state index contributed by atoms with van der Waals surface area (Å²) >= 11 is 0. The molecule has 1 fully saturated rings. The Hall–Kier alpha value is -2.11. The van der Waals surface area contributed by atoms with Crippen molar-refractivity contribution < 1.29 is 9.90 Å². The molecule has 1 N–H and O–H groups in total. The van der Waals surface area contributed by atoms with Crippen LogP contribution in [0.4, 0.5) is 5.82 Å². The van der Waals surface area contributed by atoms with Crippen LogP contribution in [-0.4, -0.2) is 38.8 Å². The van der Waals surface area contributed by atoms with E-state index in [0.717, 1.165) is 37.3 Å². The summed E-state index contributed by atoms with van der Waals surface area (Å²) in [6.07, 6.45) is 6.82. The van der Waals surface area contributed by atoms with Crippen molar-refractivity contribution in [1.29, 1.82) is 0 Å². The van der Waals surface area contributed by atoms with E-state index in [1.165, 1.54) is 0 Å². The van der Waals surface area contributed by atoms with Crippen LogP contribution in [0.2, 0.25) is 0 Å². The maximum absolute atomic E-state index is 11.8. The number of fused-ring (bicyclic) bond motifs is 1. The first-order valence-electron chi connectivity index (χ1n) is 7.43. The number of hydrogen-bond acceptors (Lipinski definition) is 4. The molecule has 1 saturated heterocycles. The number of rotatable bonds is 4. The first-order valence-corrected chi connectivity index (χ1v) is 7.43. The van der Waals surface area contributed by atoms with Crippen LogP contribution in [0.1, 0.15) is 32.6 Å². The molecular weight excluding hydrogens is 268 g/mol. The molecule has 0 spiro atoms. The van der Waals surface area contributed by atoms with Gasteiger partial charge in [-0.2, -0.15) is 5.10 Å². The average Bonchev–Trinajstić information content (AvgIpc) is 2.95. The van der Waals surface area contributed by atoms with Gasteiger partial charge >= 0.3 is 5.97 Å². The molecule has 112 valence electrons. The van der Waals surface area contributed by atoms with Crippen molar-refractivity contribution in [2.45, 2.75) is 32.6 Å². The van der Waals surface area contributed by atoms with Crippen molar-refractivity contribution in [2.24, 2.45) is 5.41 Å². The summed E-state index contributed by atoms with van der Waals surface area (Å²) in [6.45, 7) is 3.43. The van der Waals surface area contributed by atoms with Gasteiger partial charge < -0.3 is 10.0 Å². The Morgan fingerprint density at radius 2 is 2.33 bits per heavy atom. The fourth-order valence-corrected chi connectivity index (χ4v) is 3.27. The number of hydrogen-bond donors (Lipinski definition) is 1. The van der Waals surface area contributed by atoms with Gasteiger partial charge in [0.05, 0.1) is 11.6 Å². The molecule has 0 saturated carbocycles. The molecule has 1 unspecified atom stereocenters. The normalized spacial score (nSPS) is 22.6. The van der Waals surface area contributed by atoms with E-state index in [2.05, 4.69) is 15.0 Å². The van der Waals surface area contributed by atoms with Crippen molar-refractivity contribution >= 4 is 17.4 Å². The quantitative estimate of drug-likeness (QED) is 0.934. The molecule has 6 heteroatoms. The standard InChI is InChI=1S/C15H20N4O2/c1-2-6-15(14(20)21)7-3-9-18(11-15)12-5-10-19-13(17-12)4-8-16-19/h4-5,8,10H,2-3,6-7,9,11H2,1H3,(H,20,21). The minimum atomic E-state index is -0.681. The van der Waals surface area contributed by atoms with Crippen molar-refractivity contribution in [3.8, 4) is 0 Å². The average molecular weight is 288 g/mol. The predicted octanol–water partition coefficient (Wildman–Crippen LogP) is 2.20. The number of carboxylic acids is 1. The largest absolute Gasteiger partial charge is 0.481 e. The second-order valence-electron chi connectivity index (χ2n) is 5.78. The van der Waals surface area contributed by atoms with Crippen LogP contribution < -0.4 is 4.90 Å². The van der Waals surface area contributed by atoms with Gasteiger partial charge in [0.1, 0.15) is 5.82 Å². The van der Waals surface area contributed by atoms with Gasteiger partial charge in [-0.05, 0) is 25.3 Å². The number of carboxylic acid groups (broad SMARTS) is 1. The highest BCUT2D eigenvalue weighted by atomic mass is 16.4. The van der Waals surface area contributed by atoms with Crippen LogP contribution in [0.5, 0.6) is 0 Å². The van der Waals surface area contributed by atoms with E-state index >= 15 is 0 Å². The summed E-state index contributed by atoms with van der Waals surface area (Å²) in [5.74, 6) is 0.156. The van der Waals surface area contributed by atoms with E-state index in [9.17, 15) is 9.90 Å². The number of aromatic nitrogens is 3. The number of piperidine rings is 1. The smallest absolute Gasteiger partial charge is 0.311 e. The van der Waals surface area contributed by atoms with Crippen LogP contribution in [0.25, 0.3) is 5.65 Å². The Bertz CT molecular complexity index is 650. The fraction of sp³-hybridized carbons (Fsp3) is 0.533. The Morgan fingerprint density at radius 1 is 1.48 bits per heavy atom. The number of anilines is 1. The molecule has 0 aliphatic carbocycles. The van der Waals surface area contributed by atoms with Crippen molar-refractivity contribution in [1.82, 2.24) is 14.6 Å². The second kappa shape index (κ2) is 5.35. The van der Waals surface area contributed by atoms with Gasteiger partial charge in [0.2, 0.25) is 0 Å². The Morgan fingerprint density at radius 3 is 3.10 bits per heavy atom. The molecule has 0 amide bonds. The minimum absolute atomic E-state index is 0.535. The van der Waals surface area contributed by atoms with Gasteiger partial charge in [0.15, 0.2) is 5.65 Å². The van der Waals surface area contributed by atoms with Crippen LogP contribution in [0, 0.1) is 5.41 Å². The molecule has 1 aliphatic heterocycles. The van der Waals surface area contributed by atoms with E-state index < -0.39 is 11.4 Å². The third-order valence-electron chi connectivity index (χ3n) is 4.33. The lowest BCUT2D eigenvalue weighted by molar-refractivity contribution is -0.150. The zero-order chi connectivity index (χ0) is 14.9. The molecular formula is C15H20N4O2. The maximum atomic E-state index is 11.8.